The molecule has 0 aliphatic heterocycles. The maximum Gasteiger partial charge on any atom is 0.238 e. The van der Waals surface area contributed by atoms with Gasteiger partial charge in [-0.15, -0.1) is 0 Å². The number of hydrogen-bond donors (Lipinski definition) is 0. The third kappa shape index (κ3) is 4.69. The molecule has 3 aromatic heterocycles. The molecule has 3 heterocycles. The molecule has 0 spiro atoms. The number of fused-ring (bicyclic) bond motifs is 9. The summed E-state index contributed by atoms with van der Waals surface area (Å²) in [5.74, 6) is 1.82. The van der Waals surface area contributed by atoms with E-state index >= 15 is 0 Å². The minimum absolute atomic E-state index is 0.576. The molecular formula is C49H31N5. The molecule has 0 saturated carbocycles. The second-order valence-electron chi connectivity index (χ2n) is 13.7. The topological polar surface area (TPSA) is 48.5 Å². The number of para-hydroxylation sites is 2. The number of benzene rings is 8. The van der Waals surface area contributed by atoms with E-state index in [4.69, 9.17) is 15.0 Å². The van der Waals surface area contributed by atoms with E-state index in [1.54, 1.807) is 0 Å². The Morgan fingerprint density at radius 3 is 1.50 bits per heavy atom. The van der Waals surface area contributed by atoms with Crippen molar-refractivity contribution in [3.63, 3.8) is 0 Å². The fourth-order valence-corrected chi connectivity index (χ4v) is 8.15. The Hall–Kier alpha value is -7.37. The lowest BCUT2D eigenvalue weighted by molar-refractivity contribution is 0.954. The first-order chi connectivity index (χ1) is 26.8. The van der Waals surface area contributed by atoms with Gasteiger partial charge in [0.25, 0.3) is 0 Å². The van der Waals surface area contributed by atoms with Crippen molar-refractivity contribution in [3.05, 3.63) is 188 Å². The van der Waals surface area contributed by atoms with Gasteiger partial charge in [0.05, 0.1) is 22.1 Å². The van der Waals surface area contributed by atoms with E-state index in [0.29, 0.717) is 17.6 Å². The van der Waals surface area contributed by atoms with E-state index in [1.807, 2.05) is 24.3 Å². The van der Waals surface area contributed by atoms with Crippen LogP contribution in [0.25, 0.3) is 99.9 Å². The van der Waals surface area contributed by atoms with E-state index in [9.17, 15) is 0 Å². The van der Waals surface area contributed by atoms with Crippen LogP contribution in [0.5, 0.6) is 0 Å². The summed E-state index contributed by atoms with van der Waals surface area (Å²) in [6.45, 7) is 0. The minimum atomic E-state index is 0.576. The number of rotatable bonds is 5. The second-order valence-corrected chi connectivity index (χ2v) is 13.7. The third-order valence-corrected chi connectivity index (χ3v) is 10.6. The Kier molecular flexibility index (Phi) is 6.79. The third-order valence-electron chi connectivity index (χ3n) is 10.6. The SMILES string of the molecule is c1ccc(-c2ccc(-c3nc(-c4ccccc4)nc(-n4c5ccc6ccccc6c5c5c6c7ccccc7n(-c7ccccc7)c6ccc54)n3)cc2)cc1. The van der Waals surface area contributed by atoms with Gasteiger partial charge in [0, 0.05) is 38.4 Å². The Morgan fingerprint density at radius 1 is 0.296 bits per heavy atom. The highest BCUT2D eigenvalue weighted by Gasteiger charge is 2.23. The van der Waals surface area contributed by atoms with Crippen LogP contribution in [0.1, 0.15) is 0 Å². The van der Waals surface area contributed by atoms with Crippen molar-refractivity contribution >= 4 is 54.4 Å². The van der Waals surface area contributed by atoms with E-state index in [-0.39, 0.29) is 0 Å². The van der Waals surface area contributed by atoms with Crippen LogP contribution in [0.15, 0.2) is 188 Å². The lowest BCUT2D eigenvalue weighted by Crippen LogP contribution is -2.06. The molecule has 11 aromatic rings. The summed E-state index contributed by atoms with van der Waals surface area (Å²) in [7, 11) is 0. The van der Waals surface area contributed by atoms with E-state index in [0.717, 1.165) is 38.9 Å². The van der Waals surface area contributed by atoms with Gasteiger partial charge in [-0.05, 0) is 58.3 Å². The standard InChI is InChI=1S/C49H31N5/c1-4-14-32(15-5-1)33-24-26-36(27-25-33)48-50-47(35-17-6-2-7-18-35)51-49(52-48)54-42-29-28-34-16-10-11-21-38(34)44(42)46-43(54)31-30-41-45(46)39-22-12-13-23-40(39)53(41)37-19-8-3-9-20-37/h1-31H. The van der Waals surface area contributed by atoms with Gasteiger partial charge in [0.2, 0.25) is 5.95 Å². The van der Waals surface area contributed by atoms with Crippen molar-refractivity contribution in [2.75, 3.05) is 0 Å². The molecular weight excluding hydrogens is 659 g/mol. The van der Waals surface area contributed by atoms with Crippen LogP contribution >= 0.6 is 0 Å². The summed E-state index contributed by atoms with van der Waals surface area (Å²) in [5, 5.41) is 7.15. The van der Waals surface area contributed by atoms with Crippen LogP contribution in [0.2, 0.25) is 0 Å². The number of hydrogen-bond acceptors (Lipinski definition) is 3. The van der Waals surface area contributed by atoms with Crippen LogP contribution in [-0.4, -0.2) is 24.1 Å². The molecule has 0 saturated heterocycles. The van der Waals surface area contributed by atoms with Crippen molar-refractivity contribution in [1.82, 2.24) is 24.1 Å². The van der Waals surface area contributed by atoms with Gasteiger partial charge in [0.1, 0.15) is 0 Å². The first kappa shape index (κ1) is 30.3. The van der Waals surface area contributed by atoms with Gasteiger partial charge in [0.15, 0.2) is 11.6 Å². The zero-order chi connectivity index (χ0) is 35.6. The highest BCUT2D eigenvalue weighted by molar-refractivity contribution is 6.33. The predicted octanol–water partition coefficient (Wildman–Crippen LogP) is 12.2. The molecule has 0 aliphatic rings. The zero-order valence-corrected chi connectivity index (χ0v) is 29.1. The number of aromatic nitrogens is 5. The summed E-state index contributed by atoms with van der Waals surface area (Å²) in [5.41, 5.74) is 9.71. The highest BCUT2D eigenvalue weighted by Crippen LogP contribution is 2.44. The summed E-state index contributed by atoms with van der Waals surface area (Å²) in [6, 6.07) is 66.1. The van der Waals surface area contributed by atoms with Crippen molar-refractivity contribution in [3.8, 4) is 45.5 Å². The Bertz CT molecular complexity index is 3180. The Balaban J connectivity index is 1.24. The molecule has 0 N–H and O–H groups in total. The maximum absolute atomic E-state index is 5.29. The van der Waals surface area contributed by atoms with Crippen LogP contribution in [0.4, 0.5) is 0 Å². The molecule has 8 aromatic carbocycles. The van der Waals surface area contributed by atoms with E-state index in [1.165, 1.54) is 43.4 Å². The predicted molar refractivity (Wildman–Crippen MR) is 222 cm³/mol. The lowest BCUT2D eigenvalue weighted by Gasteiger charge is -2.11. The van der Waals surface area contributed by atoms with Crippen LogP contribution < -0.4 is 0 Å². The molecule has 11 rings (SSSR count). The fraction of sp³-hybridized carbons (Fsp3) is 0. The van der Waals surface area contributed by atoms with Crippen molar-refractivity contribution in [1.29, 1.82) is 0 Å². The molecule has 0 radical (unpaired) electrons. The van der Waals surface area contributed by atoms with Crippen molar-refractivity contribution in [2.24, 2.45) is 0 Å². The second kappa shape index (κ2) is 12.1. The normalized spacial score (nSPS) is 11.7. The largest absolute Gasteiger partial charge is 0.309 e. The molecule has 0 bridgehead atoms. The van der Waals surface area contributed by atoms with Gasteiger partial charge in [-0.25, -0.2) is 4.98 Å². The highest BCUT2D eigenvalue weighted by atomic mass is 15.2. The Morgan fingerprint density at radius 2 is 0.778 bits per heavy atom. The lowest BCUT2D eigenvalue weighted by atomic mass is 10.0. The fourth-order valence-electron chi connectivity index (χ4n) is 8.15. The van der Waals surface area contributed by atoms with Gasteiger partial charge in [-0.3, -0.25) is 4.57 Å². The first-order valence-electron chi connectivity index (χ1n) is 18.2. The molecule has 0 aliphatic carbocycles. The van der Waals surface area contributed by atoms with Gasteiger partial charge < -0.3 is 4.57 Å². The molecule has 0 unspecified atom stereocenters. The summed E-state index contributed by atoms with van der Waals surface area (Å²) < 4.78 is 4.62. The van der Waals surface area contributed by atoms with E-state index < -0.39 is 0 Å². The van der Waals surface area contributed by atoms with Crippen LogP contribution in [-0.2, 0) is 0 Å². The van der Waals surface area contributed by atoms with Gasteiger partial charge in [-0.1, -0.05) is 152 Å². The van der Waals surface area contributed by atoms with Crippen LogP contribution in [0, 0.1) is 0 Å². The van der Waals surface area contributed by atoms with Crippen molar-refractivity contribution in [2.45, 2.75) is 0 Å². The van der Waals surface area contributed by atoms with Crippen molar-refractivity contribution < 1.29 is 0 Å². The molecule has 5 heteroatoms. The zero-order valence-electron chi connectivity index (χ0n) is 29.1. The molecule has 0 amide bonds. The molecule has 54 heavy (non-hydrogen) atoms. The summed E-state index contributed by atoms with van der Waals surface area (Å²) in [6.07, 6.45) is 0. The van der Waals surface area contributed by atoms with Gasteiger partial charge in [-0.2, -0.15) is 9.97 Å². The first-order valence-corrected chi connectivity index (χ1v) is 18.2. The monoisotopic (exact) mass is 689 g/mol. The molecule has 0 atom stereocenters. The summed E-state index contributed by atoms with van der Waals surface area (Å²) >= 11 is 0. The average Bonchev–Trinajstić information content (AvgIpc) is 3.78. The Labute approximate surface area is 311 Å². The quantitative estimate of drug-likeness (QED) is 0.181. The van der Waals surface area contributed by atoms with E-state index in [2.05, 4.69) is 173 Å². The summed E-state index contributed by atoms with van der Waals surface area (Å²) in [4.78, 5) is 15.6. The molecule has 252 valence electrons. The molecule has 5 nitrogen and oxygen atoms in total. The minimum Gasteiger partial charge on any atom is -0.309 e. The smallest absolute Gasteiger partial charge is 0.238 e. The number of nitrogens with zero attached hydrogens (tertiary/aromatic N) is 5. The van der Waals surface area contributed by atoms with Crippen LogP contribution in [0.3, 0.4) is 0 Å². The molecule has 0 fully saturated rings. The average molecular weight is 690 g/mol. The maximum atomic E-state index is 5.29. The van der Waals surface area contributed by atoms with Gasteiger partial charge >= 0.3 is 0 Å².